The number of aliphatic hydroxyl groups excluding tert-OH is 1. The van der Waals surface area contributed by atoms with E-state index in [9.17, 15) is 15.0 Å². The topological polar surface area (TPSA) is 89.8 Å². The molecular formula is C22H29NO4. The van der Waals surface area contributed by atoms with E-state index < -0.39 is 0 Å². The first kappa shape index (κ1) is 19.5. The van der Waals surface area contributed by atoms with Gasteiger partial charge in [0.1, 0.15) is 11.5 Å². The van der Waals surface area contributed by atoms with E-state index in [-0.39, 0.29) is 46.8 Å². The summed E-state index contributed by atoms with van der Waals surface area (Å²) >= 11 is 0. The maximum absolute atomic E-state index is 13.3. The highest BCUT2D eigenvalue weighted by molar-refractivity contribution is 6.00. The number of hydrogen-bond donors (Lipinski definition) is 4. The quantitative estimate of drug-likeness (QED) is 0.329. The lowest BCUT2D eigenvalue weighted by Crippen LogP contribution is -2.34. The molecule has 0 aromatic heterocycles. The number of phenolic OH excluding ortho intramolecular Hbond substituents is 2. The number of phenols is 2. The highest BCUT2D eigenvalue weighted by Crippen LogP contribution is 2.39. The maximum atomic E-state index is 13.3. The van der Waals surface area contributed by atoms with Crippen molar-refractivity contribution in [2.45, 2.75) is 50.6 Å². The van der Waals surface area contributed by atoms with Gasteiger partial charge in [-0.3, -0.25) is 4.79 Å². The molecule has 1 aromatic carbocycles. The lowest BCUT2D eigenvalue weighted by atomic mass is 9.79. The number of benzene rings is 1. The number of carbonyl (C=O) groups excluding carboxylic acids is 1. The molecule has 4 unspecified atom stereocenters. The summed E-state index contributed by atoms with van der Waals surface area (Å²) in [7, 11) is 0. The molecule has 0 radical (unpaired) electrons. The summed E-state index contributed by atoms with van der Waals surface area (Å²) in [5.74, 6) is 0.0695. The van der Waals surface area contributed by atoms with Crippen LogP contribution in [0.15, 0.2) is 43.2 Å². The van der Waals surface area contributed by atoms with Gasteiger partial charge in [-0.1, -0.05) is 18.9 Å². The van der Waals surface area contributed by atoms with Crippen LogP contribution in [0.2, 0.25) is 0 Å². The van der Waals surface area contributed by atoms with Gasteiger partial charge < -0.3 is 20.6 Å². The van der Waals surface area contributed by atoms with Crippen LogP contribution in [0.5, 0.6) is 11.5 Å². The van der Waals surface area contributed by atoms with E-state index in [1.165, 1.54) is 18.2 Å². The number of Topliss-reactive ketones (excluding diaryl/α,β-unsaturated/α-hetero) is 1. The molecule has 0 spiro atoms. The van der Waals surface area contributed by atoms with Gasteiger partial charge in [0.2, 0.25) is 0 Å². The lowest BCUT2D eigenvalue weighted by molar-refractivity contribution is 0.0849. The van der Waals surface area contributed by atoms with Gasteiger partial charge in [0.15, 0.2) is 5.78 Å². The van der Waals surface area contributed by atoms with Crippen LogP contribution in [0.4, 0.5) is 0 Å². The fourth-order valence-corrected chi connectivity index (χ4v) is 4.76. The predicted octanol–water partition coefficient (Wildman–Crippen LogP) is 4.08. The minimum absolute atomic E-state index is 0.0440. The molecule has 2 aliphatic rings. The van der Waals surface area contributed by atoms with E-state index in [4.69, 9.17) is 5.11 Å². The number of carbonyl (C=O) groups is 1. The first-order valence-electron chi connectivity index (χ1n) is 9.79. The molecule has 27 heavy (non-hydrogen) atoms. The Morgan fingerprint density at radius 2 is 2.04 bits per heavy atom. The van der Waals surface area contributed by atoms with Crippen molar-refractivity contribution in [3.05, 3.63) is 48.8 Å². The van der Waals surface area contributed by atoms with Crippen LogP contribution in [0.1, 0.15) is 48.9 Å². The van der Waals surface area contributed by atoms with Crippen LogP contribution in [-0.4, -0.2) is 33.2 Å². The molecule has 146 valence electrons. The number of aromatic hydroxyl groups is 2. The minimum Gasteiger partial charge on any atom is -0.516 e. The lowest BCUT2D eigenvalue weighted by Gasteiger charge is -2.26. The molecule has 2 fully saturated rings. The van der Waals surface area contributed by atoms with E-state index in [0.717, 1.165) is 38.4 Å². The summed E-state index contributed by atoms with van der Waals surface area (Å²) in [5, 5.41) is 32.3. The summed E-state index contributed by atoms with van der Waals surface area (Å²) in [5.41, 5.74) is 0.287. The first-order valence-corrected chi connectivity index (χ1v) is 9.79. The normalized spacial score (nSPS) is 27.2. The predicted molar refractivity (Wildman–Crippen MR) is 105 cm³/mol. The molecule has 1 saturated carbocycles. The first-order chi connectivity index (χ1) is 13.0. The van der Waals surface area contributed by atoms with Crippen molar-refractivity contribution >= 4 is 5.78 Å². The molecule has 1 aromatic rings. The van der Waals surface area contributed by atoms with Crippen molar-refractivity contribution in [3.63, 3.8) is 0 Å². The zero-order chi connectivity index (χ0) is 19.4. The van der Waals surface area contributed by atoms with Crippen molar-refractivity contribution in [1.29, 1.82) is 0 Å². The largest absolute Gasteiger partial charge is 0.516 e. The van der Waals surface area contributed by atoms with E-state index in [1.807, 2.05) is 6.08 Å². The van der Waals surface area contributed by atoms with Crippen molar-refractivity contribution in [3.8, 4) is 11.5 Å². The summed E-state index contributed by atoms with van der Waals surface area (Å²) in [6.45, 7) is 3.87. The van der Waals surface area contributed by atoms with Crippen LogP contribution in [-0.2, 0) is 0 Å². The maximum Gasteiger partial charge on any atom is 0.169 e. The fraction of sp³-hybridized carbons (Fsp3) is 0.500. The van der Waals surface area contributed by atoms with E-state index in [2.05, 4.69) is 11.9 Å². The monoisotopic (exact) mass is 371 g/mol. The number of aliphatic hydroxyl groups is 1. The second kappa shape index (κ2) is 8.61. The van der Waals surface area contributed by atoms with E-state index in [0.29, 0.717) is 12.3 Å². The average Bonchev–Trinajstić information content (AvgIpc) is 3.29. The number of hydrogen-bond acceptors (Lipinski definition) is 5. The Morgan fingerprint density at radius 3 is 2.67 bits per heavy atom. The minimum atomic E-state index is -0.164. The Bertz CT molecular complexity index is 708. The van der Waals surface area contributed by atoms with Crippen molar-refractivity contribution in [1.82, 2.24) is 5.32 Å². The molecule has 5 heteroatoms. The molecule has 0 bridgehead atoms. The zero-order valence-corrected chi connectivity index (χ0v) is 15.6. The molecule has 4 N–H and O–H groups in total. The Labute approximate surface area is 160 Å². The highest BCUT2D eigenvalue weighted by Gasteiger charge is 2.38. The SMILES string of the molecule is C=CC1NC(CC(C(=O)c2ccc(O)cc2O)C2CCCC2)CC1/C=C/O. The second-order valence-corrected chi connectivity index (χ2v) is 7.82. The van der Waals surface area contributed by atoms with Gasteiger partial charge in [0.05, 0.1) is 11.8 Å². The van der Waals surface area contributed by atoms with Crippen molar-refractivity contribution < 1.29 is 20.1 Å². The average molecular weight is 371 g/mol. The summed E-state index contributed by atoms with van der Waals surface area (Å²) < 4.78 is 0. The van der Waals surface area contributed by atoms with E-state index in [1.54, 1.807) is 6.08 Å². The van der Waals surface area contributed by atoms with Crippen LogP contribution >= 0.6 is 0 Å². The molecule has 5 nitrogen and oxygen atoms in total. The highest BCUT2D eigenvalue weighted by atomic mass is 16.3. The molecule has 1 saturated heterocycles. The summed E-state index contributed by atoms with van der Waals surface area (Å²) in [6, 6.07) is 4.42. The van der Waals surface area contributed by atoms with Crippen LogP contribution in [0.3, 0.4) is 0 Å². The molecular weight excluding hydrogens is 342 g/mol. The zero-order valence-electron chi connectivity index (χ0n) is 15.6. The van der Waals surface area contributed by atoms with Gasteiger partial charge in [0.25, 0.3) is 0 Å². The Hall–Kier alpha value is -2.27. The third-order valence-electron chi connectivity index (χ3n) is 6.12. The third kappa shape index (κ3) is 4.35. The van der Waals surface area contributed by atoms with Crippen LogP contribution < -0.4 is 5.32 Å². The molecule has 1 aliphatic heterocycles. The number of rotatable bonds is 7. The molecule has 3 rings (SSSR count). The smallest absolute Gasteiger partial charge is 0.169 e. The molecule has 1 heterocycles. The number of ketones is 1. The van der Waals surface area contributed by atoms with Crippen molar-refractivity contribution in [2.24, 2.45) is 17.8 Å². The summed E-state index contributed by atoms with van der Waals surface area (Å²) in [4.78, 5) is 13.3. The molecule has 4 atom stereocenters. The van der Waals surface area contributed by atoms with Gasteiger partial charge in [0, 0.05) is 30.0 Å². The van der Waals surface area contributed by atoms with Crippen molar-refractivity contribution in [2.75, 3.05) is 0 Å². The summed E-state index contributed by atoms with van der Waals surface area (Å²) in [6.07, 6.45) is 10.6. The van der Waals surface area contributed by atoms with Gasteiger partial charge in [-0.25, -0.2) is 0 Å². The third-order valence-corrected chi connectivity index (χ3v) is 6.12. The fourth-order valence-electron chi connectivity index (χ4n) is 4.76. The molecule has 1 aliphatic carbocycles. The van der Waals surface area contributed by atoms with Crippen LogP contribution in [0, 0.1) is 17.8 Å². The Kier molecular flexibility index (Phi) is 6.22. The van der Waals surface area contributed by atoms with E-state index >= 15 is 0 Å². The molecule has 0 amide bonds. The van der Waals surface area contributed by atoms with Gasteiger partial charge in [-0.2, -0.15) is 0 Å². The van der Waals surface area contributed by atoms with Gasteiger partial charge >= 0.3 is 0 Å². The standard InChI is InChI=1S/C22H29NO4/c1-2-20-15(9-10-24)11-16(23-20)12-19(14-5-3-4-6-14)22(27)18-8-7-17(25)13-21(18)26/h2,7-10,13-16,19-20,23-26H,1,3-6,11-12H2/b10-9+. The van der Waals surface area contributed by atoms with Crippen LogP contribution in [0.25, 0.3) is 0 Å². The second-order valence-electron chi connectivity index (χ2n) is 7.82. The van der Waals surface area contributed by atoms with Gasteiger partial charge in [-0.15, -0.1) is 6.58 Å². The van der Waals surface area contributed by atoms with Gasteiger partial charge in [-0.05, 0) is 49.8 Å². The Balaban J connectivity index is 1.80. The number of nitrogens with one attached hydrogen (secondary N) is 1. The Morgan fingerprint density at radius 1 is 1.30 bits per heavy atom.